The van der Waals surface area contributed by atoms with Crippen molar-refractivity contribution in [1.82, 2.24) is 9.78 Å². The molecule has 0 atom stereocenters. The minimum Gasteiger partial charge on any atom is -0.492 e. The van der Waals surface area contributed by atoms with E-state index in [1.165, 1.54) is 5.56 Å². The number of hydrogen-bond acceptors (Lipinski definition) is 2. The minimum absolute atomic E-state index is 0.143. The number of aryl methyl sites for hydroxylation is 2. The molecule has 0 aliphatic carbocycles. The van der Waals surface area contributed by atoms with Crippen LogP contribution in [0.2, 0.25) is 0 Å². The Morgan fingerprint density at radius 3 is 2.39 bits per heavy atom. The summed E-state index contributed by atoms with van der Waals surface area (Å²) in [5.74, 6) is 0.143. The Kier molecular flexibility index (Phi) is 3.70. The molecule has 0 spiro atoms. The van der Waals surface area contributed by atoms with E-state index in [4.69, 9.17) is 0 Å². The van der Waals surface area contributed by atoms with Crippen LogP contribution >= 0.6 is 0 Å². The lowest BCUT2D eigenvalue weighted by atomic mass is 10.0. The minimum atomic E-state index is 0.143. The number of aromatic nitrogens is 2. The molecule has 1 heterocycles. The van der Waals surface area contributed by atoms with Gasteiger partial charge in [-0.1, -0.05) is 43.7 Å². The van der Waals surface area contributed by atoms with Gasteiger partial charge in [0.15, 0.2) is 0 Å². The molecule has 18 heavy (non-hydrogen) atoms. The van der Waals surface area contributed by atoms with Crippen molar-refractivity contribution in [2.75, 3.05) is 0 Å². The van der Waals surface area contributed by atoms with E-state index >= 15 is 0 Å². The Bertz CT molecular complexity index is 526. The van der Waals surface area contributed by atoms with Crippen molar-refractivity contribution < 1.29 is 5.11 Å². The lowest BCUT2D eigenvalue weighted by Crippen LogP contribution is -2.03. The Hall–Kier alpha value is -1.77. The first-order valence-electron chi connectivity index (χ1n) is 6.53. The van der Waals surface area contributed by atoms with Crippen molar-refractivity contribution in [3.05, 3.63) is 35.5 Å². The van der Waals surface area contributed by atoms with E-state index in [-0.39, 0.29) is 5.88 Å². The van der Waals surface area contributed by atoms with Gasteiger partial charge in [-0.15, -0.1) is 5.10 Å². The van der Waals surface area contributed by atoms with Crippen LogP contribution in [0, 0.1) is 6.92 Å². The van der Waals surface area contributed by atoms with Gasteiger partial charge in [-0.25, -0.2) is 0 Å². The molecule has 0 aliphatic rings. The zero-order valence-corrected chi connectivity index (χ0v) is 11.3. The van der Waals surface area contributed by atoms with Gasteiger partial charge in [-0.05, 0) is 25.3 Å². The predicted octanol–water partition coefficient (Wildman–Crippen LogP) is 3.54. The fourth-order valence-corrected chi connectivity index (χ4v) is 2.25. The van der Waals surface area contributed by atoms with E-state index in [9.17, 15) is 5.11 Å². The van der Waals surface area contributed by atoms with Crippen LogP contribution in [-0.4, -0.2) is 14.9 Å². The van der Waals surface area contributed by atoms with Gasteiger partial charge in [0.1, 0.15) is 0 Å². The second-order valence-corrected chi connectivity index (χ2v) is 4.59. The molecule has 3 heteroatoms. The molecule has 0 fully saturated rings. The van der Waals surface area contributed by atoms with E-state index in [2.05, 4.69) is 38.0 Å². The maximum atomic E-state index is 10.1. The number of rotatable bonds is 4. The SMILES string of the molecule is CCCn1nc(O)c(-c2ccc(C)cc2)c1CC. The molecular weight excluding hydrogens is 224 g/mol. The van der Waals surface area contributed by atoms with E-state index in [0.29, 0.717) is 0 Å². The van der Waals surface area contributed by atoms with Crippen molar-refractivity contribution in [2.24, 2.45) is 0 Å². The molecular formula is C15H20N2O. The zero-order chi connectivity index (χ0) is 13.1. The van der Waals surface area contributed by atoms with Crippen molar-refractivity contribution in [3.63, 3.8) is 0 Å². The van der Waals surface area contributed by atoms with Crippen LogP contribution < -0.4 is 0 Å². The third kappa shape index (κ3) is 2.26. The highest BCUT2D eigenvalue weighted by Crippen LogP contribution is 2.32. The van der Waals surface area contributed by atoms with Gasteiger partial charge < -0.3 is 5.11 Å². The van der Waals surface area contributed by atoms with Gasteiger partial charge in [-0.2, -0.15) is 0 Å². The monoisotopic (exact) mass is 244 g/mol. The van der Waals surface area contributed by atoms with Crippen LogP contribution in [0.4, 0.5) is 0 Å². The van der Waals surface area contributed by atoms with Crippen LogP contribution in [0.15, 0.2) is 24.3 Å². The zero-order valence-electron chi connectivity index (χ0n) is 11.3. The van der Waals surface area contributed by atoms with Crippen LogP contribution in [0.5, 0.6) is 5.88 Å². The molecule has 1 aromatic carbocycles. The highest BCUT2D eigenvalue weighted by atomic mass is 16.3. The molecule has 0 saturated carbocycles. The Balaban J connectivity index is 2.52. The molecule has 3 nitrogen and oxygen atoms in total. The second kappa shape index (κ2) is 5.25. The average Bonchev–Trinajstić information content (AvgIpc) is 2.67. The standard InChI is InChI=1S/C15H20N2O/c1-4-10-17-13(5-2)14(15(18)16-17)12-8-6-11(3)7-9-12/h6-9H,4-5,10H2,1-3H3,(H,16,18). The highest BCUT2D eigenvalue weighted by molar-refractivity contribution is 5.71. The van der Waals surface area contributed by atoms with Gasteiger partial charge in [-0.3, -0.25) is 4.68 Å². The summed E-state index contributed by atoms with van der Waals surface area (Å²) in [5, 5.41) is 14.3. The van der Waals surface area contributed by atoms with Crippen LogP contribution in [0.3, 0.4) is 0 Å². The third-order valence-electron chi connectivity index (χ3n) is 3.15. The second-order valence-electron chi connectivity index (χ2n) is 4.59. The summed E-state index contributed by atoms with van der Waals surface area (Å²) in [7, 11) is 0. The molecule has 2 aromatic rings. The summed E-state index contributed by atoms with van der Waals surface area (Å²) in [6.07, 6.45) is 1.89. The van der Waals surface area contributed by atoms with Crippen LogP contribution in [0.1, 0.15) is 31.5 Å². The fourth-order valence-electron chi connectivity index (χ4n) is 2.25. The normalized spacial score (nSPS) is 10.8. The largest absolute Gasteiger partial charge is 0.492 e. The van der Waals surface area contributed by atoms with Crippen molar-refractivity contribution in [3.8, 4) is 17.0 Å². The number of hydrogen-bond donors (Lipinski definition) is 1. The highest BCUT2D eigenvalue weighted by Gasteiger charge is 2.16. The maximum Gasteiger partial charge on any atom is 0.238 e. The average molecular weight is 244 g/mol. The van der Waals surface area contributed by atoms with E-state index in [1.54, 1.807) is 0 Å². The third-order valence-corrected chi connectivity index (χ3v) is 3.15. The Morgan fingerprint density at radius 1 is 1.17 bits per heavy atom. The van der Waals surface area contributed by atoms with Gasteiger partial charge in [0.25, 0.3) is 0 Å². The maximum absolute atomic E-state index is 10.1. The molecule has 96 valence electrons. The van der Waals surface area contributed by atoms with Gasteiger partial charge in [0.2, 0.25) is 5.88 Å². The molecule has 0 unspecified atom stereocenters. The first kappa shape index (κ1) is 12.7. The Morgan fingerprint density at radius 2 is 1.83 bits per heavy atom. The van der Waals surface area contributed by atoms with Gasteiger partial charge in [0, 0.05) is 12.2 Å². The molecule has 2 rings (SSSR count). The van der Waals surface area contributed by atoms with Crippen molar-refractivity contribution in [2.45, 2.75) is 40.2 Å². The predicted molar refractivity (Wildman–Crippen MR) is 73.7 cm³/mol. The molecule has 0 radical (unpaired) electrons. The first-order valence-corrected chi connectivity index (χ1v) is 6.53. The van der Waals surface area contributed by atoms with Crippen molar-refractivity contribution >= 4 is 0 Å². The summed E-state index contributed by atoms with van der Waals surface area (Å²) in [5.41, 5.74) is 4.25. The lowest BCUT2D eigenvalue weighted by Gasteiger charge is -2.06. The summed E-state index contributed by atoms with van der Waals surface area (Å²) < 4.78 is 1.92. The van der Waals surface area contributed by atoms with E-state index in [1.807, 2.05) is 16.8 Å². The quantitative estimate of drug-likeness (QED) is 0.893. The summed E-state index contributed by atoms with van der Waals surface area (Å²) in [4.78, 5) is 0. The van der Waals surface area contributed by atoms with E-state index < -0.39 is 0 Å². The summed E-state index contributed by atoms with van der Waals surface area (Å²) in [6, 6.07) is 8.21. The summed E-state index contributed by atoms with van der Waals surface area (Å²) >= 11 is 0. The van der Waals surface area contributed by atoms with E-state index in [0.717, 1.165) is 36.2 Å². The smallest absolute Gasteiger partial charge is 0.238 e. The van der Waals surface area contributed by atoms with Crippen molar-refractivity contribution in [1.29, 1.82) is 0 Å². The van der Waals surface area contributed by atoms with Crippen LogP contribution in [-0.2, 0) is 13.0 Å². The molecule has 0 bridgehead atoms. The molecule has 0 amide bonds. The fraction of sp³-hybridized carbons (Fsp3) is 0.400. The molecule has 0 saturated heterocycles. The topological polar surface area (TPSA) is 38.0 Å². The van der Waals surface area contributed by atoms with Gasteiger partial charge >= 0.3 is 0 Å². The number of benzene rings is 1. The van der Waals surface area contributed by atoms with Gasteiger partial charge in [0.05, 0.1) is 5.56 Å². The number of aromatic hydroxyl groups is 1. The molecule has 0 aliphatic heterocycles. The lowest BCUT2D eigenvalue weighted by molar-refractivity contribution is 0.436. The van der Waals surface area contributed by atoms with Crippen LogP contribution in [0.25, 0.3) is 11.1 Å². The summed E-state index contributed by atoms with van der Waals surface area (Å²) in [6.45, 7) is 7.12. The molecule has 1 N–H and O–H groups in total. The molecule has 1 aromatic heterocycles. The number of nitrogens with zero attached hydrogens (tertiary/aromatic N) is 2. The Labute approximate surface area is 108 Å². The first-order chi connectivity index (χ1) is 8.67.